The number of fused-ring (bicyclic) bond motifs is 1. The number of aryl methyl sites for hydroxylation is 1. The Labute approximate surface area is 125 Å². The zero-order valence-electron chi connectivity index (χ0n) is 11.5. The third kappa shape index (κ3) is 3.95. The van der Waals surface area contributed by atoms with Crippen molar-refractivity contribution >= 4 is 22.7 Å². The van der Waals surface area contributed by atoms with Crippen LogP contribution in [-0.4, -0.2) is 21.9 Å². The van der Waals surface area contributed by atoms with Crippen LogP contribution in [0.25, 0.3) is 10.9 Å². The van der Waals surface area contributed by atoms with Gasteiger partial charge >= 0.3 is 5.51 Å². The van der Waals surface area contributed by atoms with Crippen LogP contribution in [0.15, 0.2) is 30.5 Å². The van der Waals surface area contributed by atoms with Gasteiger partial charge in [0.15, 0.2) is 0 Å². The first-order chi connectivity index (χ1) is 10.0. The highest BCUT2D eigenvalue weighted by Gasteiger charge is 2.27. The molecule has 21 heavy (non-hydrogen) atoms. The number of benzene rings is 1. The zero-order chi connectivity index (χ0) is 14.9. The number of thioether (sulfide) groups is 1. The van der Waals surface area contributed by atoms with Crippen LogP contribution in [0.1, 0.15) is 18.4 Å². The molecule has 0 amide bonds. The molecule has 1 aromatic heterocycles. The summed E-state index contributed by atoms with van der Waals surface area (Å²) in [6.07, 6.45) is 4.32. The second-order valence-corrected chi connectivity index (χ2v) is 6.47. The van der Waals surface area contributed by atoms with Crippen molar-refractivity contribution in [2.75, 3.05) is 5.75 Å². The van der Waals surface area contributed by atoms with E-state index in [0.29, 0.717) is 12.6 Å². The van der Waals surface area contributed by atoms with Crippen LogP contribution in [0.4, 0.5) is 13.2 Å². The Bertz CT molecular complexity index is 617. The molecule has 3 rings (SSSR count). The minimum absolute atomic E-state index is 0.0380. The van der Waals surface area contributed by atoms with Crippen molar-refractivity contribution in [3.63, 3.8) is 0 Å². The Hall–Kier alpha value is -1.14. The molecule has 1 heterocycles. The standard InChI is InChI=1S/C15H17F3N2S/c16-15(17,18)21-9-8-20-7-6-11-2-1-3-12(14(11)20)10-19-13-4-5-13/h1-3,6-7,13,19H,4-5,8-10H2. The fourth-order valence-electron chi connectivity index (χ4n) is 2.47. The van der Waals surface area contributed by atoms with Crippen LogP contribution < -0.4 is 5.32 Å². The van der Waals surface area contributed by atoms with Crippen LogP contribution >= 0.6 is 11.8 Å². The van der Waals surface area contributed by atoms with E-state index in [-0.39, 0.29) is 17.5 Å². The Morgan fingerprint density at radius 2 is 2.05 bits per heavy atom. The topological polar surface area (TPSA) is 17.0 Å². The van der Waals surface area contributed by atoms with E-state index in [9.17, 15) is 13.2 Å². The average molecular weight is 314 g/mol. The van der Waals surface area contributed by atoms with Gasteiger partial charge in [-0.2, -0.15) is 13.2 Å². The Morgan fingerprint density at radius 1 is 1.24 bits per heavy atom. The zero-order valence-corrected chi connectivity index (χ0v) is 12.3. The van der Waals surface area contributed by atoms with E-state index in [4.69, 9.17) is 0 Å². The molecule has 0 bridgehead atoms. The summed E-state index contributed by atoms with van der Waals surface area (Å²) in [5, 5.41) is 4.55. The summed E-state index contributed by atoms with van der Waals surface area (Å²) in [5.74, 6) is 0.0394. The lowest BCUT2D eigenvalue weighted by Crippen LogP contribution is -2.16. The van der Waals surface area contributed by atoms with Crippen LogP contribution in [0, 0.1) is 0 Å². The minimum atomic E-state index is -4.15. The molecule has 114 valence electrons. The van der Waals surface area contributed by atoms with Gasteiger partial charge in [0, 0.05) is 31.1 Å². The summed E-state index contributed by atoms with van der Waals surface area (Å²) in [4.78, 5) is 0. The first-order valence-corrected chi connectivity index (χ1v) is 8.02. The highest BCUT2D eigenvalue weighted by Crippen LogP contribution is 2.30. The molecule has 1 aliphatic carbocycles. The van der Waals surface area contributed by atoms with E-state index in [1.165, 1.54) is 12.8 Å². The first-order valence-electron chi connectivity index (χ1n) is 7.04. The summed E-state index contributed by atoms with van der Waals surface area (Å²) in [6.45, 7) is 1.15. The molecular formula is C15H17F3N2S. The molecule has 0 aliphatic heterocycles. The predicted octanol–water partition coefficient (Wildman–Crippen LogP) is 4.15. The highest BCUT2D eigenvalue weighted by atomic mass is 32.2. The SMILES string of the molecule is FC(F)(F)SCCn1ccc2cccc(CNC3CC3)c21. The fourth-order valence-corrected chi connectivity index (χ4v) is 2.99. The quantitative estimate of drug-likeness (QED) is 0.863. The van der Waals surface area contributed by atoms with Crippen LogP contribution in [0.2, 0.25) is 0 Å². The molecule has 1 N–H and O–H groups in total. The number of hydrogen-bond acceptors (Lipinski definition) is 2. The van der Waals surface area contributed by atoms with Crippen molar-refractivity contribution < 1.29 is 13.2 Å². The van der Waals surface area contributed by atoms with Crippen molar-refractivity contribution in [2.24, 2.45) is 0 Å². The molecule has 0 saturated heterocycles. The van der Waals surface area contributed by atoms with Gasteiger partial charge in [0.25, 0.3) is 0 Å². The van der Waals surface area contributed by atoms with Crippen molar-refractivity contribution in [3.05, 3.63) is 36.0 Å². The number of para-hydroxylation sites is 1. The number of aromatic nitrogens is 1. The number of nitrogens with zero attached hydrogens (tertiary/aromatic N) is 1. The molecule has 6 heteroatoms. The normalized spacial score (nSPS) is 15.8. The molecule has 0 spiro atoms. The van der Waals surface area contributed by atoms with Gasteiger partial charge in [0.2, 0.25) is 0 Å². The lowest BCUT2D eigenvalue weighted by atomic mass is 10.1. The summed E-state index contributed by atoms with van der Waals surface area (Å²) >= 11 is 0.0380. The van der Waals surface area contributed by atoms with Crippen LogP contribution in [0.5, 0.6) is 0 Å². The molecule has 0 radical (unpaired) electrons. The van der Waals surface area contributed by atoms with Crippen molar-refractivity contribution in [1.29, 1.82) is 0 Å². The van der Waals surface area contributed by atoms with E-state index in [0.717, 1.165) is 23.0 Å². The van der Waals surface area contributed by atoms with E-state index < -0.39 is 5.51 Å². The van der Waals surface area contributed by atoms with E-state index >= 15 is 0 Å². The first kappa shape index (κ1) is 14.8. The van der Waals surface area contributed by atoms with Gasteiger partial charge < -0.3 is 9.88 Å². The lowest BCUT2D eigenvalue weighted by molar-refractivity contribution is -0.0328. The van der Waals surface area contributed by atoms with Gasteiger partial charge in [-0.25, -0.2) is 0 Å². The maximum Gasteiger partial charge on any atom is 0.441 e. The second-order valence-electron chi connectivity index (χ2n) is 5.31. The molecule has 2 nitrogen and oxygen atoms in total. The summed E-state index contributed by atoms with van der Waals surface area (Å²) in [6, 6.07) is 8.63. The average Bonchev–Trinajstić information content (AvgIpc) is 3.16. The number of rotatable bonds is 6. The van der Waals surface area contributed by atoms with Crippen molar-refractivity contribution in [2.45, 2.75) is 37.5 Å². The highest BCUT2D eigenvalue weighted by molar-refractivity contribution is 8.00. The van der Waals surface area contributed by atoms with Crippen molar-refractivity contribution in [1.82, 2.24) is 9.88 Å². The number of halogens is 3. The number of hydrogen-bond donors (Lipinski definition) is 1. The maximum atomic E-state index is 12.2. The molecular weight excluding hydrogens is 297 g/mol. The largest absolute Gasteiger partial charge is 0.441 e. The van der Waals surface area contributed by atoms with Crippen LogP contribution in [0.3, 0.4) is 0 Å². The smallest absolute Gasteiger partial charge is 0.346 e. The number of nitrogens with one attached hydrogen (secondary N) is 1. The summed E-state index contributed by atoms with van der Waals surface area (Å²) in [5.41, 5.74) is -1.95. The Kier molecular flexibility index (Phi) is 4.17. The summed E-state index contributed by atoms with van der Waals surface area (Å²) < 4.78 is 38.6. The van der Waals surface area contributed by atoms with E-state index in [1.807, 2.05) is 35.0 Å². The monoisotopic (exact) mass is 314 g/mol. The van der Waals surface area contributed by atoms with E-state index in [1.54, 1.807) is 0 Å². The van der Waals surface area contributed by atoms with Crippen LogP contribution in [-0.2, 0) is 13.1 Å². The molecule has 0 unspecified atom stereocenters. The maximum absolute atomic E-state index is 12.2. The van der Waals surface area contributed by atoms with Gasteiger partial charge in [-0.1, -0.05) is 18.2 Å². The molecule has 1 fully saturated rings. The van der Waals surface area contributed by atoms with Gasteiger partial charge in [0.1, 0.15) is 0 Å². The Balaban J connectivity index is 1.74. The van der Waals surface area contributed by atoms with Gasteiger partial charge in [-0.3, -0.25) is 0 Å². The van der Waals surface area contributed by atoms with Crippen molar-refractivity contribution in [3.8, 4) is 0 Å². The number of alkyl halides is 3. The minimum Gasteiger partial charge on any atom is -0.346 e. The third-order valence-electron chi connectivity index (χ3n) is 3.63. The molecule has 1 aromatic carbocycles. The molecule has 1 aliphatic rings. The molecule has 1 saturated carbocycles. The summed E-state index contributed by atoms with van der Waals surface area (Å²) in [7, 11) is 0. The van der Waals surface area contributed by atoms with Gasteiger partial charge in [0.05, 0.1) is 5.52 Å². The predicted molar refractivity (Wildman–Crippen MR) is 80.3 cm³/mol. The van der Waals surface area contributed by atoms with E-state index in [2.05, 4.69) is 5.32 Å². The third-order valence-corrected chi connectivity index (χ3v) is 4.34. The van der Waals surface area contributed by atoms with Gasteiger partial charge in [-0.15, -0.1) is 0 Å². The molecule has 0 atom stereocenters. The molecule has 2 aromatic rings. The Morgan fingerprint density at radius 3 is 2.76 bits per heavy atom. The second kappa shape index (κ2) is 5.93. The van der Waals surface area contributed by atoms with Gasteiger partial charge in [-0.05, 0) is 41.6 Å². The lowest BCUT2D eigenvalue weighted by Gasteiger charge is -2.11. The fraction of sp³-hybridized carbons (Fsp3) is 0.467.